The van der Waals surface area contributed by atoms with Crippen molar-refractivity contribution in [3.8, 4) is 5.75 Å². The van der Waals surface area contributed by atoms with Crippen molar-refractivity contribution in [2.45, 2.75) is 20.4 Å². The van der Waals surface area contributed by atoms with Gasteiger partial charge < -0.3 is 9.30 Å². The molecule has 0 N–H and O–H groups in total. The molecule has 74 valence electrons. The first-order chi connectivity index (χ1) is 6.76. The Bertz CT molecular complexity index is 457. The first kappa shape index (κ1) is 9.13. The molecule has 1 heterocycles. The molecular weight excluding hydrogens is 174 g/mol. The number of hydrogen-bond donors (Lipinski definition) is 0. The second-order valence-corrected chi connectivity index (χ2v) is 3.50. The summed E-state index contributed by atoms with van der Waals surface area (Å²) in [6, 6.07) is 6.38. The molecule has 2 heteroatoms. The van der Waals surface area contributed by atoms with E-state index in [2.05, 4.69) is 42.8 Å². The molecule has 2 aromatic rings. The SMILES string of the molecule is CCn1ccc2c(OC)cc(C)cc21. The van der Waals surface area contributed by atoms with Crippen LogP contribution in [0.2, 0.25) is 0 Å². The minimum Gasteiger partial charge on any atom is -0.496 e. The van der Waals surface area contributed by atoms with Crippen LogP contribution in [0, 0.1) is 6.92 Å². The minimum atomic E-state index is 0.965. The van der Waals surface area contributed by atoms with Crippen molar-refractivity contribution >= 4 is 10.9 Å². The van der Waals surface area contributed by atoms with Gasteiger partial charge >= 0.3 is 0 Å². The fraction of sp³-hybridized carbons (Fsp3) is 0.333. The smallest absolute Gasteiger partial charge is 0.128 e. The summed E-state index contributed by atoms with van der Waals surface area (Å²) < 4.78 is 7.58. The zero-order valence-electron chi connectivity index (χ0n) is 8.87. The van der Waals surface area contributed by atoms with Crippen LogP contribution in [0.15, 0.2) is 24.4 Å². The lowest BCUT2D eigenvalue weighted by molar-refractivity contribution is 0.419. The molecule has 0 saturated carbocycles. The highest BCUT2D eigenvalue weighted by Crippen LogP contribution is 2.28. The number of fused-ring (bicyclic) bond motifs is 1. The van der Waals surface area contributed by atoms with Crippen molar-refractivity contribution in [1.82, 2.24) is 4.57 Å². The number of aromatic nitrogens is 1. The molecule has 0 fully saturated rings. The number of hydrogen-bond acceptors (Lipinski definition) is 1. The average molecular weight is 189 g/mol. The minimum absolute atomic E-state index is 0.965. The van der Waals surface area contributed by atoms with E-state index < -0.39 is 0 Å². The second kappa shape index (κ2) is 3.37. The molecule has 0 spiro atoms. The lowest BCUT2D eigenvalue weighted by atomic mass is 10.1. The van der Waals surface area contributed by atoms with Crippen LogP contribution >= 0.6 is 0 Å². The van der Waals surface area contributed by atoms with Crippen LogP contribution in [0.25, 0.3) is 10.9 Å². The van der Waals surface area contributed by atoms with E-state index in [0.29, 0.717) is 0 Å². The summed E-state index contributed by atoms with van der Waals surface area (Å²) >= 11 is 0. The molecular formula is C12H15NO. The maximum Gasteiger partial charge on any atom is 0.128 e. The Balaban J connectivity index is 2.76. The van der Waals surface area contributed by atoms with Crippen LogP contribution in [0.3, 0.4) is 0 Å². The third kappa shape index (κ3) is 1.27. The lowest BCUT2D eigenvalue weighted by Gasteiger charge is -2.06. The van der Waals surface area contributed by atoms with E-state index in [9.17, 15) is 0 Å². The fourth-order valence-corrected chi connectivity index (χ4v) is 1.84. The number of rotatable bonds is 2. The van der Waals surface area contributed by atoms with Crippen LogP contribution in [-0.2, 0) is 6.54 Å². The van der Waals surface area contributed by atoms with Gasteiger partial charge in [-0.2, -0.15) is 0 Å². The molecule has 0 atom stereocenters. The summed E-state index contributed by atoms with van der Waals surface area (Å²) in [6.45, 7) is 5.24. The van der Waals surface area contributed by atoms with E-state index in [4.69, 9.17) is 4.74 Å². The summed E-state index contributed by atoms with van der Waals surface area (Å²) in [6.07, 6.45) is 2.10. The van der Waals surface area contributed by atoms with Crippen molar-refractivity contribution in [2.24, 2.45) is 0 Å². The highest BCUT2D eigenvalue weighted by molar-refractivity contribution is 5.87. The van der Waals surface area contributed by atoms with Gasteiger partial charge in [0.05, 0.1) is 12.6 Å². The van der Waals surface area contributed by atoms with Crippen molar-refractivity contribution in [3.05, 3.63) is 30.0 Å². The molecule has 0 unspecified atom stereocenters. The Hall–Kier alpha value is -1.44. The Morgan fingerprint density at radius 3 is 2.79 bits per heavy atom. The van der Waals surface area contributed by atoms with E-state index in [1.165, 1.54) is 16.5 Å². The molecule has 0 radical (unpaired) electrons. The molecule has 1 aromatic carbocycles. The van der Waals surface area contributed by atoms with E-state index in [0.717, 1.165) is 12.3 Å². The largest absolute Gasteiger partial charge is 0.496 e. The number of nitrogens with zero attached hydrogens (tertiary/aromatic N) is 1. The maximum absolute atomic E-state index is 5.35. The topological polar surface area (TPSA) is 14.2 Å². The quantitative estimate of drug-likeness (QED) is 0.708. The Labute approximate surface area is 84.1 Å². The summed E-state index contributed by atoms with van der Waals surface area (Å²) in [7, 11) is 1.72. The zero-order valence-corrected chi connectivity index (χ0v) is 8.87. The highest BCUT2D eigenvalue weighted by atomic mass is 16.5. The number of ether oxygens (including phenoxy) is 1. The van der Waals surface area contributed by atoms with Gasteiger partial charge in [0.2, 0.25) is 0 Å². The summed E-state index contributed by atoms with van der Waals surface area (Å²) in [4.78, 5) is 0. The van der Waals surface area contributed by atoms with Gasteiger partial charge in [0, 0.05) is 18.1 Å². The standard InChI is InChI=1S/C12H15NO/c1-4-13-6-5-10-11(13)7-9(2)8-12(10)14-3/h5-8H,4H2,1-3H3. The normalized spacial score (nSPS) is 10.8. The third-order valence-electron chi connectivity index (χ3n) is 2.56. The molecule has 2 rings (SSSR count). The molecule has 14 heavy (non-hydrogen) atoms. The summed E-state index contributed by atoms with van der Waals surface area (Å²) in [5, 5.41) is 1.19. The zero-order chi connectivity index (χ0) is 10.1. The van der Waals surface area contributed by atoms with Crippen LogP contribution in [0.4, 0.5) is 0 Å². The highest BCUT2D eigenvalue weighted by Gasteiger charge is 2.05. The predicted octanol–water partition coefficient (Wildman–Crippen LogP) is 2.98. The van der Waals surface area contributed by atoms with Gasteiger partial charge in [-0.3, -0.25) is 0 Å². The number of aryl methyl sites for hydroxylation is 2. The van der Waals surface area contributed by atoms with Crippen LogP contribution in [-0.4, -0.2) is 11.7 Å². The van der Waals surface area contributed by atoms with Gasteiger partial charge in [-0.25, -0.2) is 0 Å². The van der Waals surface area contributed by atoms with E-state index in [1.807, 2.05) is 0 Å². The van der Waals surface area contributed by atoms with Crippen molar-refractivity contribution < 1.29 is 4.74 Å². The Morgan fingerprint density at radius 1 is 1.36 bits per heavy atom. The Kier molecular flexibility index (Phi) is 2.20. The molecule has 2 nitrogen and oxygen atoms in total. The van der Waals surface area contributed by atoms with Gasteiger partial charge in [0.1, 0.15) is 5.75 Å². The molecule has 0 saturated heterocycles. The average Bonchev–Trinajstić information content (AvgIpc) is 2.59. The summed E-state index contributed by atoms with van der Waals surface area (Å²) in [5.41, 5.74) is 2.49. The lowest BCUT2D eigenvalue weighted by Crippen LogP contribution is -1.92. The van der Waals surface area contributed by atoms with Crippen LogP contribution in [0.5, 0.6) is 5.75 Å². The monoisotopic (exact) mass is 189 g/mol. The molecule has 0 bridgehead atoms. The molecule has 0 aliphatic carbocycles. The van der Waals surface area contributed by atoms with Gasteiger partial charge in [0.15, 0.2) is 0 Å². The second-order valence-electron chi connectivity index (χ2n) is 3.50. The van der Waals surface area contributed by atoms with Gasteiger partial charge in [-0.05, 0) is 37.6 Å². The molecule has 0 aliphatic heterocycles. The van der Waals surface area contributed by atoms with E-state index >= 15 is 0 Å². The number of methoxy groups -OCH3 is 1. The van der Waals surface area contributed by atoms with E-state index in [1.54, 1.807) is 7.11 Å². The first-order valence-electron chi connectivity index (χ1n) is 4.89. The maximum atomic E-state index is 5.35. The first-order valence-corrected chi connectivity index (χ1v) is 4.89. The molecule has 0 aliphatic rings. The van der Waals surface area contributed by atoms with Crippen molar-refractivity contribution in [3.63, 3.8) is 0 Å². The van der Waals surface area contributed by atoms with E-state index in [-0.39, 0.29) is 0 Å². The van der Waals surface area contributed by atoms with Crippen molar-refractivity contribution in [2.75, 3.05) is 7.11 Å². The Morgan fingerprint density at radius 2 is 2.14 bits per heavy atom. The number of benzene rings is 1. The van der Waals surface area contributed by atoms with Gasteiger partial charge in [-0.15, -0.1) is 0 Å². The van der Waals surface area contributed by atoms with Gasteiger partial charge in [0.25, 0.3) is 0 Å². The van der Waals surface area contributed by atoms with Gasteiger partial charge in [-0.1, -0.05) is 0 Å². The molecule has 1 aromatic heterocycles. The fourth-order valence-electron chi connectivity index (χ4n) is 1.84. The summed E-state index contributed by atoms with van der Waals surface area (Å²) in [5.74, 6) is 0.965. The van der Waals surface area contributed by atoms with Crippen LogP contribution in [0.1, 0.15) is 12.5 Å². The van der Waals surface area contributed by atoms with Crippen LogP contribution < -0.4 is 4.74 Å². The third-order valence-corrected chi connectivity index (χ3v) is 2.56. The molecule has 0 amide bonds. The van der Waals surface area contributed by atoms with Crippen molar-refractivity contribution in [1.29, 1.82) is 0 Å². The predicted molar refractivity (Wildman–Crippen MR) is 58.9 cm³/mol.